The molecule has 28 heavy (non-hydrogen) atoms. The SMILES string of the molecule is CC(=O)[C@H]1C[C@@H](Oc2cc(Br)ccc2-c2cc(=O)c3c(O)ccc(Cl)c3o2)C1. The molecule has 0 unspecified atom stereocenters. The second-order valence-corrected chi connectivity index (χ2v) is 8.23. The number of phenolic OH excluding ortho intramolecular Hbond substituents is 1. The third-order valence-corrected chi connectivity index (χ3v) is 5.77. The van der Waals surface area contributed by atoms with E-state index < -0.39 is 5.43 Å². The number of hydrogen-bond acceptors (Lipinski definition) is 5. The lowest BCUT2D eigenvalue weighted by Gasteiger charge is -2.34. The Labute approximate surface area is 174 Å². The topological polar surface area (TPSA) is 76.7 Å². The zero-order valence-electron chi connectivity index (χ0n) is 14.9. The van der Waals surface area contributed by atoms with Crippen molar-refractivity contribution in [3.63, 3.8) is 0 Å². The highest BCUT2D eigenvalue weighted by Gasteiger charge is 2.34. The zero-order chi connectivity index (χ0) is 20.0. The van der Waals surface area contributed by atoms with Crippen LogP contribution >= 0.6 is 27.5 Å². The van der Waals surface area contributed by atoms with Crippen molar-refractivity contribution in [3.05, 3.63) is 56.1 Å². The predicted molar refractivity (Wildman–Crippen MR) is 110 cm³/mol. The van der Waals surface area contributed by atoms with E-state index in [1.165, 1.54) is 18.2 Å². The van der Waals surface area contributed by atoms with Gasteiger partial charge >= 0.3 is 0 Å². The minimum atomic E-state index is -0.398. The van der Waals surface area contributed by atoms with Gasteiger partial charge in [-0.3, -0.25) is 9.59 Å². The highest BCUT2D eigenvalue weighted by Crippen LogP contribution is 2.39. The first-order chi connectivity index (χ1) is 13.3. The molecule has 1 aliphatic rings. The van der Waals surface area contributed by atoms with Gasteiger partial charge in [-0.1, -0.05) is 27.5 Å². The van der Waals surface area contributed by atoms with Crippen LogP contribution in [0.3, 0.4) is 0 Å². The number of fused-ring (bicyclic) bond motifs is 1. The number of carbonyl (C=O) groups excluding carboxylic acids is 1. The minimum Gasteiger partial charge on any atom is -0.507 e. The van der Waals surface area contributed by atoms with Crippen molar-refractivity contribution >= 4 is 44.3 Å². The minimum absolute atomic E-state index is 0.0409. The number of benzene rings is 2. The summed E-state index contributed by atoms with van der Waals surface area (Å²) in [5.41, 5.74) is 0.316. The lowest BCUT2D eigenvalue weighted by atomic mass is 9.80. The van der Waals surface area contributed by atoms with Crippen molar-refractivity contribution in [2.75, 3.05) is 0 Å². The van der Waals surface area contributed by atoms with Crippen molar-refractivity contribution in [1.82, 2.24) is 0 Å². The smallest absolute Gasteiger partial charge is 0.197 e. The Kier molecular flexibility index (Phi) is 4.93. The number of ketones is 1. The van der Waals surface area contributed by atoms with Crippen LogP contribution in [-0.2, 0) is 4.79 Å². The zero-order valence-corrected chi connectivity index (χ0v) is 17.2. The van der Waals surface area contributed by atoms with Gasteiger partial charge in [-0.25, -0.2) is 0 Å². The first-order valence-electron chi connectivity index (χ1n) is 8.76. The molecule has 1 heterocycles. The lowest BCUT2D eigenvalue weighted by Crippen LogP contribution is -2.37. The maximum atomic E-state index is 12.6. The van der Waals surface area contributed by atoms with Crippen LogP contribution in [0.25, 0.3) is 22.3 Å². The standard InChI is InChI=1S/C21H16BrClO5/c1-10(24)11-6-13(7-11)27-18-8-12(22)2-3-14(18)19-9-17(26)20-16(25)5-4-15(23)21(20)28-19/h2-5,8-9,11,13,25H,6-7H2,1H3/t11-,13+. The summed E-state index contributed by atoms with van der Waals surface area (Å²) in [4.78, 5) is 24.0. The second-order valence-electron chi connectivity index (χ2n) is 6.90. The Morgan fingerprint density at radius 2 is 2.00 bits per heavy atom. The third kappa shape index (κ3) is 3.42. The van der Waals surface area contributed by atoms with E-state index in [1.807, 2.05) is 6.07 Å². The van der Waals surface area contributed by atoms with Crippen LogP contribution in [0.15, 0.2) is 50.1 Å². The Morgan fingerprint density at radius 1 is 1.25 bits per heavy atom. The molecule has 0 amide bonds. The summed E-state index contributed by atoms with van der Waals surface area (Å²) in [7, 11) is 0. The van der Waals surface area contributed by atoms with Gasteiger partial charge in [0.05, 0.1) is 10.6 Å². The molecule has 4 rings (SSSR count). The molecule has 0 radical (unpaired) electrons. The highest BCUT2D eigenvalue weighted by molar-refractivity contribution is 9.10. The molecule has 0 spiro atoms. The molecule has 0 bridgehead atoms. The van der Waals surface area contributed by atoms with Crippen LogP contribution in [0.2, 0.25) is 5.02 Å². The summed E-state index contributed by atoms with van der Waals surface area (Å²) < 4.78 is 12.8. The molecular formula is C21H16BrClO5. The molecule has 7 heteroatoms. The summed E-state index contributed by atoms with van der Waals surface area (Å²) >= 11 is 9.60. The van der Waals surface area contributed by atoms with Crippen LogP contribution in [0, 0.1) is 5.92 Å². The van der Waals surface area contributed by atoms with Gasteiger partial charge in [0.25, 0.3) is 0 Å². The van der Waals surface area contributed by atoms with Gasteiger partial charge in [-0.05, 0) is 50.1 Å². The fourth-order valence-electron chi connectivity index (χ4n) is 3.32. The largest absolute Gasteiger partial charge is 0.507 e. The maximum Gasteiger partial charge on any atom is 0.197 e. The summed E-state index contributed by atoms with van der Waals surface area (Å²) in [5, 5.41) is 10.3. The van der Waals surface area contributed by atoms with Gasteiger partial charge in [-0.2, -0.15) is 0 Å². The number of hydrogen-bond donors (Lipinski definition) is 1. The maximum absolute atomic E-state index is 12.6. The lowest BCUT2D eigenvalue weighted by molar-refractivity contribution is -0.126. The van der Waals surface area contributed by atoms with E-state index in [0.29, 0.717) is 24.2 Å². The molecule has 5 nitrogen and oxygen atoms in total. The Morgan fingerprint density at radius 3 is 2.71 bits per heavy atom. The van der Waals surface area contributed by atoms with E-state index >= 15 is 0 Å². The highest BCUT2D eigenvalue weighted by atomic mass is 79.9. The average Bonchev–Trinajstić information content (AvgIpc) is 2.60. The van der Waals surface area contributed by atoms with Crippen LogP contribution < -0.4 is 10.2 Å². The molecular weight excluding hydrogens is 448 g/mol. The molecule has 3 aromatic rings. The predicted octanol–water partition coefficient (Wildman–Crippen LogP) is 5.33. The number of aromatic hydroxyl groups is 1. The van der Waals surface area contributed by atoms with Crippen LogP contribution in [-0.4, -0.2) is 17.0 Å². The molecule has 2 aromatic carbocycles. The van der Waals surface area contributed by atoms with Crippen molar-refractivity contribution in [3.8, 4) is 22.8 Å². The molecule has 0 saturated heterocycles. The van der Waals surface area contributed by atoms with Gasteiger partial charge in [0.15, 0.2) is 11.0 Å². The van der Waals surface area contributed by atoms with E-state index in [9.17, 15) is 14.7 Å². The number of rotatable bonds is 4. The Bertz CT molecular complexity index is 1150. The van der Waals surface area contributed by atoms with Crippen molar-refractivity contribution in [1.29, 1.82) is 0 Å². The van der Waals surface area contributed by atoms with E-state index in [4.69, 9.17) is 20.8 Å². The number of halogens is 2. The van der Waals surface area contributed by atoms with Gasteiger partial charge in [-0.15, -0.1) is 0 Å². The number of Topliss-reactive ketones (excluding diaryl/α,β-unsaturated/α-hetero) is 1. The van der Waals surface area contributed by atoms with Crippen molar-refractivity contribution in [2.24, 2.45) is 5.92 Å². The number of carbonyl (C=O) groups is 1. The summed E-state index contributed by atoms with van der Waals surface area (Å²) in [6, 6.07) is 9.54. The van der Waals surface area contributed by atoms with Crippen LogP contribution in [0.4, 0.5) is 0 Å². The molecule has 0 aliphatic heterocycles. The second kappa shape index (κ2) is 7.26. The van der Waals surface area contributed by atoms with Crippen LogP contribution in [0.5, 0.6) is 11.5 Å². The fourth-order valence-corrected chi connectivity index (χ4v) is 3.85. The van der Waals surface area contributed by atoms with E-state index in [-0.39, 0.29) is 45.3 Å². The molecule has 1 aromatic heterocycles. The third-order valence-electron chi connectivity index (χ3n) is 4.98. The van der Waals surface area contributed by atoms with Crippen molar-refractivity contribution < 1.29 is 19.1 Å². The first-order valence-corrected chi connectivity index (χ1v) is 9.93. The fraction of sp³-hybridized carbons (Fsp3) is 0.238. The molecule has 144 valence electrons. The summed E-state index contributed by atoms with van der Waals surface area (Å²) in [5.74, 6) is 0.858. The summed E-state index contributed by atoms with van der Waals surface area (Å²) in [6.07, 6.45) is 1.27. The normalized spacial score (nSPS) is 18.7. The molecule has 0 atom stereocenters. The quantitative estimate of drug-likeness (QED) is 0.566. The van der Waals surface area contributed by atoms with Gasteiger partial charge in [0, 0.05) is 16.5 Å². The summed E-state index contributed by atoms with van der Waals surface area (Å²) in [6.45, 7) is 1.59. The van der Waals surface area contributed by atoms with Crippen molar-refractivity contribution in [2.45, 2.75) is 25.9 Å². The van der Waals surface area contributed by atoms with E-state index in [0.717, 1.165) is 4.47 Å². The molecule has 1 fully saturated rings. The van der Waals surface area contributed by atoms with Gasteiger partial charge in [0.1, 0.15) is 34.5 Å². The van der Waals surface area contributed by atoms with Gasteiger partial charge in [0.2, 0.25) is 0 Å². The molecule has 1 saturated carbocycles. The Balaban J connectivity index is 1.77. The molecule has 1 aliphatic carbocycles. The monoisotopic (exact) mass is 462 g/mol. The van der Waals surface area contributed by atoms with Gasteiger partial charge < -0.3 is 14.3 Å². The molecule has 1 N–H and O–H groups in total. The average molecular weight is 464 g/mol. The van der Waals surface area contributed by atoms with Crippen LogP contribution in [0.1, 0.15) is 19.8 Å². The Hall–Kier alpha value is -2.31. The first kappa shape index (κ1) is 19.0. The van der Waals surface area contributed by atoms with E-state index in [2.05, 4.69) is 15.9 Å². The number of ether oxygens (including phenoxy) is 1. The van der Waals surface area contributed by atoms with E-state index in [1.54, 1.807) is 19.1 Å². The number of phenols is 1.